The maximum atomic E-state index is 12.6. The number of benzene rings is 1. The summed E-state index contributed by atoms with van der Waals surface area (Å²) in [4.78, 5) is 12.9. The summed E-state index contributed by atoms with van der Waals surface area (Å²) in [5.41, 5.74) is 2.04. The fraction of sp³-hybridized carbons (Fsp3) is 0.105. The van der Waals surface area contributed by atoms with Crippen LogP contribution in [0.1, 0.15) is 11.3 Å². The van der Waals surface area contributed by atoms with E-state index >= 15 is 0 Å². The van der Waals surface area contributed by atoms with E-state index in [0.29, 0.717) is 11.5 Å². The number of pyridine rings is 1. The lowest BCUT2D eigenvalue weighted by molar-refractivity contribution is -0.141. The molecule has 0 saturated carbocycles. The third kappa shape index (κ3) is 3.46. The molecule has 0 aliphatic carbocycles. The minimum atomic E-state index is -4.53. The zero-order valence-corrected chi connectivity index (χ0v) is 14.6. The van der Waals surface area contributed by atoms with Crippen LogP contribution in [0.4, 0.5) is 24.8 Å². The van der Waals surface area contributed by atoms with Crippen molar-refractivity contribution in [1.29, 1.82) is 0 Å². The van der Waals surface area contributed by atoms with E-state index in [4.69, 9.17) is 0 Å². The van der Waals surface area contributed by atoms with Gasteiger partial charge in [0.25, 0.3) is 0 Å². The van der Waals surface area contributed by atoms with Gasteiger partial charge in [-0.15, -0.1) is 10.2 Å². The van der Waals surface area contributed by atoms with Gasteiger partial charge in [0.1, 0.15) is 12.1 Å². The van der Waals surface area contributed by atoms with Crippen LogP contribution in [0.2, 0.25) is 0 Å². The summed E-state index contributed by atoms with van der Waals surface area (Å²) in [5, 5.41) is 10.7. The molecule has 6 nitrogen and oxygen atoms in total. The van der Waals surface area contributed by atoms with Crippen LogP contribution in [0.15, 0.2) is 55.0 Å². The normalized spacial score (nSPS) is 11.6. The molecule has 3 heterocycles. The lowest BCUT2D eigenvalue weighted by Gasteiger charge is -2.12. The van der Waals surface area contributed by atoms with Crippen molar-refractivity contribution in [3.8, 4) is 11.3 Å². The van der Waals surface area contributed by atoms with Crippen LogP contribution in [0.3, 0.4) is 0 Å². The van der Waals surface area contributed by atoms with Gasteiger partial charge in [0.15, 0.2) is 11.5 Å². The summed E-state index contributed by atoms with van der Waals surface area (Å²) in [5.74, 6) is 0.584. The van der Waals surface area contributed by atoms with Gasteiger partial charge in [-0.3, -0.25) is 4.98 Å². The summed E-state index contributed by atoms with van der Waals surface area (Å²) in [6, 6.07) is 11.7. The highest BCUT2D eigenvalue weighted by molar-refractivity contribution is 5.84. The molecule has 0 amide bonds. The van der Waals surface area contributed by atoms with Crippen molar-refractivity contribution < 1.29 is 13.2 Å². The van der Waals surface area contributed by atoms with E-state index in [1.807, 2.05) is 37.3 Å². The first kappa shape index (κ1) is 17.8. The number of hydrogen-bond acceptors (Lipinski definition) is 6. The molecule has 0 saturated heterocycles. The first-order valence-electron chi connectivity index (χ1n) is 8.26. The maximum absolute atomic E-state index is 12.6. The third-order valence-electron chi connectivity index (χ3n) is 4.16. The molecule has 0 aliphatic rings. The molecular formula is C19H13F3N6. The standard InChI is InChI=1S/C19H13F3N6/c1-11-17(13-5-4-12-3-2-8-23-14(12)9-13)24-10-25-18(11)26-16-7-6-15(27-28-16)19(20,21)22/h2-10H,1H3,(H,24,25,26,28). The first-order valence-corrected chi connectivity index (χ1v) is 8.26. The van der Waals surface area contributed by atoms with Crippen molar-refractivity contribution in [2.24, 2.45) is 0 Å². The topological polar surface area (TPSA) is 76.5 Å². The van der Waals surface area contributed by atoms with E-state index < -0.39 is 11.9 Å². The average molecular weight is 382 g/mol. The van der Waals surface area contributed by atoms with Gasteiger partial charge in [-0.2, -0.15) is 13.2 Å². The number of fused-ring (bicyclic) bond motifs is 1. The van der Waals surface area contributed by atoms with Crippen LogP contribution >= 0.6 is 0 Å². The second-order valence-electron chi connectivity index (χ2n) is 6.03. The molecule has 3 aromatic heterocycles. The first-order chi connectivity index (χ1) is 13.4. The molecule has 0 radical (unpaired) electrons. The van der Waals surface area contributed by atoms with Crippen LogP contribution in [0.25, 0.3) is 22.2 Å². The van der Waals surface area contributed by atoms with Crippen LogP contribution in [-0.2, 0) is 6.18 Å². The van der Waals surface area contributed by atoms with Gasteiger partial charge >= 0.3 is 6.18 Å². The van der Waals surface area contributed by atoms with E-state index in [1.165, 1.54) is 12.4 Å². The number of rotatable bonds is 3. The summed E-state index contributed by atoms with van der Waals surface area (Å²) in [7, 11) is 0. The molecule has 4 aromatic rings. The fourth-order valence-electron chi connectivity index (χ4n) is 2.75. The third-order valence-corrected chi connectivity index (χ3v) is 4.16. The minimum Gasteiger partial charge on any atom is -0.323 e. The van der Waals surface area contributed by atoms with Crippen molar-refractivity contribution in [3.63, 3.8) is 0 Å². The monoisotopic (exact) mass is 382 g/mol. The number of anilines is 2. The molecule has 0 spiro atoms. The molecule has 140 valence electrons. The molecular weight excluding hydrogens is 369 g/mol. The Hall–Kier alpha value is -3.62. The molecule has 9 heteroatoms. The van der Waals surface area contributed by atoms with Gasteiger partial charge in [0.2, 0.25) is 0 Å². The predicted octanol–water partition coefficient (Wildman–Crippen LogP) is 4.55. The number of nitrogens with zero attached hydrogens (tertiary/aromatic N) is 5. The minimum absolute atomic E-state index is 0.154. The zero-order valence-electron chi connectivity index (χ0n) is 14.6. The molecule has 0 atom stereocenters. The van der Waals surface area contributed by atoms with Crippen molar-refractivity contribution >= 4 is 22.5 Å². The fourth-order valence-corrected chi connectivity index (χ4v) is 2.75. The summed E-state index contributed by atoms with van der Waals surface area (Å²) >= 11 is 0. The van der Waals surface area contributed by atoms with Crippen molar-refractivity contribution in [3.05, 3.63) is 66.2 Å². The predicted molar refractivity (Wildman–Crippen MR) is 97.8 cm³/mol. The molecule has 0 unspecified atom stereocenters. The molecule has 28 heavy (non-hydrogen) atoms. The van der Waals surface area contributed by atoms with Crippen molar-refractivity contribution in [2.45, 2.75) is 13.1 Å². The highest BCUT2D eigenvalue weighted by Crippen LogP contribution is 2.29. The second kappa shape index (κ2) is 6.84. The molecule has 0 aliphatic heterocycles. The van der Waals surface area contributed by atoms with E-state index in [-0.39, 0.29) is 5.82 Å². The Labute approximate surface area is 157 Å². The van der Waals surface area contributed by atoms with Gasteiger partial charge in [-0.1, -0.05) is 18.2 Å². The Morgan fingerprint density at radius 1 is 0.929 bits per heavy atom. The van der Waals surface area contributed by atoms with E-state index in [1.54, 1.807) is 6.20 Å². The quantitative estimate of drug-likeness (QED) is 0.560. The Balaban J connectivity index is 1.66. The molecule has 4 rings (SSSR count). The second-order valence-corrected chi connectivity index (χ2v) is 6.03. The van der Waals surface area contributed by atoms with Gasteiger partial charge in [-0.05, 0) is 31.2 Å². The van der Waals surface area contributed by atoms with Gasteiger partial charge in [0.05, 0.1) is 11.2 Å². The van der Waals surface area contributed by atoms with Crippen LogP contribution in [0.5, 0.6) is 0 Å². The molecule has 0 fully saturated rings. The van der Waals surface area contributed by atoms with Crippen LogP contribution in [0, 0.1) is 6.92 Å². The van der Waals surface area contributed by atoms with Crippen LogP contribution < -0.4 is 5.32 Å². The van der Waals surface area contributed by atoms with Gasteiger partial charge < -0.3 is 5.32 Å². The SMILES string of the molecule is Cc1c(Nc2ccc(C(F)(F)F)nn2)ncnc1-c1ccc2cccnc2c1. The summed E-state index contributed by atoms with van der Waals surface area (Å²) in [6.07, 6.45) is -1.44. The average Bonchev–Trinajstić information content (AvgIpc) is 2.69. The van der Waals surface area contributed by atoms with Crippen molar-refractivity contribution in [2.75, 3.05) is 5.32 Å². The van der Waals surface area contributed by atoms with E-state index in [9.17, 15) is 13.2 Å². The lowest BCUT2D eigenvalue weighted by Crippen LogP contribution is -2.10. The number of nitrogens with one attached hydrogen (secondary N) is 1. The highest BCUT2D eigenvalue weighted by atomic mass is 19.4. The Morgan fingerprint density at radius 2 is 1.79 bits per heavy atom. The highest BCUT2D eigenvalue weighted by Gasteiger charge is 2.32. The Morgan fingerprint density at radius 3 is 2.54 bits per heavy atom. The number of halogens is 3. The van der Waals surface area contributed by atoms with E-state index in [0.717, 1.165) is 28.1 Å². The van der Waals surface area contributed by atoms with Crippen LogP contribution in [-0.4, -0.2) is 25.1 Å². The Kier molecular flexibility index (Phi) is 4.34. The summed E-state index contributed by atoms with van der Waals surface area (Å²) in [6.45, 7) is 1.82. The molecule has 1 N–H and O–H groups in total. The Bertz CT molecular complexity index is 1140. The zero-order chi connectivity index (χ0) is 19.7. The molecule has 0 bridgehead atoms. The van der Waals surface area contributed by atoms with E-state index in [2.05, 4.69) is 30.5 Å². The lowest BCUT2D eigenvalue weighted by atomic mass is 10.0. The number of alkyl halides is 3. The summed E-state index contributed by atoms with van der Waals surface area (Å²) < 4.78 is 37.8. The van der Waals surface area contributed by atoms with Gasteiger partial charge in [-0.25, -0.2) is 9.97 Å². The van der Waals surface area contributed by atoms with Gasteiger partial charge in [0, 0.05) is 22.7 Å². The molecule has 1 aromatic carbocycles. The number of hydrogen-bond donors (Lipinski definition) is 1. The smallest absolute Gasteiger partial charge is 0.323 e. The maximum Gasteiger partial charge on any atom is 0.435 e. The largest absolute Gasteiger partial charge is 0.435 e. The number of aromatic nitrogens is 5. The van der Waals surface area contributed by atoms with Crippen molar-refractivity contribution in [1.82, 2.24) is 25.1 Å².